The lowest BCUT2D eigenvalue weighted by Gasteiger charge is -2.03. The maximum Gasteiger partial charge on any atom is 0.264 e. The first-order valence-electron chi connectivity index (χ1n) is 4.45. The molecule has 1 aromatic rings. The number of carbonyl (C=O) groups is 1. The van der Waals surface area contributed by atoms with E-state index in [1.165, 1.54) is 0 Å². The Bertz CT molecular complexity index is 557. The summed E-state index contributed by atoms with van der Waals surface area (Å²) < 4.78 is 1.32. The van der Waals surface area contributed by atoms with Crippen molar-refractivity contribution in [3.05, 3.63) is 31.5 Å². The van der Waals surface area contributed by atoms with E-state index in [0.717, 1.165) is 16.2 Å². The molecule has 17 heavy (non-hydrogen) atoms. The van der Waals surface area contributed by atoms with Crippen molar-refractivity contribution in [3.63, 3.8) is 0 Å². The van der Waals surface area contributed by atoms with Crippen LogP contribution in [0.25, 0.3) is 6.08 Å². The molecule has 1 fully saturated rings. The van der Waals surface area contributed by atoms with Crippen LogP contribution < -0.4 is 5.32 Å². The number of phenolic OH excluding ortho intramolecular Hbond substituents is 1. The van der Waals surface area contributed by atoms with Crippen LogP contribution in [0.15, 0.2) is 26.0 Å². The molecule has 0 atom stereocenters. The summed E-state index contributed by atoms with van der Waals surface area (Å²) in [6, 6.07) is 3.41. The summed E-state index contributed by atoms with van der Waals surface area (Å²) in [6.07, 6.45) is 1.55. The van der Waals surface area contributed by atoms with E-state index in [1.54, 1.807) is 18.2 Å². The third-order valence-electron chi connectivity index (χ3n) is 2.01. The molecular formula is C10H6Br2N2O2S. The number of aromatic hydroxyl groups is 1. The molecule has 1 aliphatic heterocycles. The largest absolute Gasteiger partial charge is 0.506 e. The third kappa shape index (κ3) is 2.72. The molecule has 1 aromatic carbocycles. The summed E-state index contributed by atoms with van der Waals surface area (Å²) in [6.45, 7) is 0. The smallest absolute Gasteiger partial charge is 0.264 e. The molecule has 3 N–H and O–H groups in total. The minimum atomic E-state index is -0.324. The van der Waals surface area contributed by atoms with Gasteiger partial charge in [-0.15, -0.1) is 0 Å². The molecule has 7 heteroatoms. The number of hydrogen-bond donors (Lipinski definition) is 3. The van der Waals surface area contributed by atoms with Crippen molar-refractivity contribution in [1.82, 2.24) is 5.32 Å². The number of amidine groups is 1. The first-order chi connectivity index (χ1) is 7.97. The molecule has 2 rings (SSSR count). The van der Waals surface area contributed by atoms with Crippen molar-refractivity contribution in [2.75, 3.05) is 0 Å². The number of rotatable bonds is 1. The van der Waals surface area contributed by atoms with Gasteiger partial charge in [0.25, 0.3) is 5.91 Å². The van der Waals surface area contributed by atoms with Gasteiger partial charge < -0.3 is 10.4 Å². The Kier molecular flexibility index (Phi) is 3.60. The molecule has 88 valence electrons. The van der Waals surface area contributed by atoms with Crippen molar-refractivity contribution in [1.29, 1.82) is 5.41 Å². The Hall–Kier alpha value is -0.790. The summed E-state index contributed by atoms with van der Waals surface area (Å²) in [4.78, 5) is 11.8. The van der Waals surface area contributed by atoms with Crippen LogP contribution in [-0.2, 0) is 4.79 Å². The molecule has 4 nitrogen and oxygen atoms in total. The molecular weight excluding hydrogens is 372 g/mol. The lowest BCUT2D eigenvalue weighted by Crippen LogP contribution is -2.18. The van der Waals surface area contributed by atoms with Gasteiger partial charge in [-0.05, 0) is 45.9 Å². The first-order valence-corrected chi connectivity index (χ1v) is 6.85. The summed E-state index contributed by atoms with van der Waals surface area (Å²) >= 11 is 7.55. The number of halogens is 2. The molecule has 0 unspecified atom stereocenters. The van der Waals surface area contributed by atoms with E-state index >= 15 is 0 Å². The first kappa shape index (κ1) is 12.7. The number of benzene rings is 1. The van der Waals surface area contributed by atoms with Gasteiger partial charge in [0.15, 0.2) is 5.17 Å². The highest BCUT2D eigenvalue weighted by Gasteiger charge is 2.22. The zero-order chi connectivity index (χ0) is 12.6. The van der Waals surface area contributed by atoms with Crippen LogP contribution in [0.5, 0.6) is 5.75 Å². The predicted octanol–water partition coefficient (Wildman–Crippen LogP) is 3.06. The van der Waals surface area contributed by atoms with Gasteiger partial charge in [0.2, 0.25) is 0 Å². The second-order valence-electron chi connectivity index (χ2n) is 3.22. The minimum absolute atomic E-state index is 0.0625. The van der Waals surface area contributed by atoms with E-state index in [4.69, 9.17) is 5.41 Å². The standard InChI is InChI=1S/C10H6Br2N2O2S/c11-5-1-4(8(15)6(12)3-5)2-7-9(16)14-10(13)17-7/h1-3,15H,(H2,13,14,16)/b7-2+. The number of hydrogen-bond acceptors (Lipinski definition) is 4. The van der Waals surface area contributed by atoms with Crippen LogP contribution >= 0.6 is 43.6 Å². The highest BCUT2D eigenvalue weighted by Crippen LogP contribution is 2.35. The topological polar surface area (TPSA) is 73.2 Å². The van der Waals surface area contributed by atoms with E-state index in [-0.39, 0.29) is 16.8 Å². The van der Waals surface area contributed by atoms with Gasteiger partial charge in [0, 0.05) is 10.0 Å². The number of phenols is 1. The molecule has 1 amide bonds. The van der Waals surface area contributed by atoms with E-state index in [1.807, 2.05) is 0 Å². The van der Waals surface area contributed by atoms with Gasteiger partial charge in [-0.3, -0.25) is 10.2 Å². The third-order valence-corrected chi connectivity index (χ3v) is 3.90. The summed E-state index contributed by atoms with van der Waals surface area (Å²) in [5.41, 5.74) is 0.513. The van der Waals surface area contributed by atoms with E-state index < -0.39 is 0 Å². The van der Waals surface area contributed by atoms with Crippen LogP contribution in [0.3, 0.4) is 0 Å². The number of carbonyl (C=O) groups excluding carboxylic acids is 1. The van der Waals surface area contributed by atoms with Crippen molar-refractivity contribution < 1.29 is 9.90 Å². The van der Waals surface area contributed by atoms with Crippen LogP contribution in [-0.4, -0.2) is 16.2 Å². The fourth-order valence-corrected chi connectivity index (χ4v) is 3.23. The lowest BCUT2D eigenvalue weighted by atomic mass is 10.2. The molecule has 0 bridgehead atoms. The molecule has 0 aliphatic carbocycles. The Labute approximate surface area is 118 Å². The monoisotopic (exact) mass is 376 g/mol. The van der Waals surface area contributed by atoms with Gasteiger partial charge >= 0.3 is 0 Å². The lowest BCUT2D eigenvalue weighted by molar-refractivity contribution is -0.115. The normalized spacial score (nSPS) is 17.6. The molecule has 0 radical (unpaired) electrons. The van der Waals surface area contributed by atoms with Crippen LogP contribution in [0.4, 0.5) is 0 Å². The molecule has 0 saturated carbocycles. The Morgan fingerprint density at radius 1 is 1.41 bits per heavy atom. The van der Waals surface area contributed by atoms with Gasteiger partial charge in [-0.25, -0.2) is 0 Å². The van der Waals surface area contributed by atoms with Crippen molar-refractivity contribution in [2.45, 2.75) is 0 Å². The molecule has 1 aliphatic rings. The van der Waals surface area contributed by atoms with E-state index in [2.05, 4.69) is 37.2 Å². The van der Waals surface area contributed by atoms with E-state index in [9.17, 15) is 9.90 Å². The maximum atomic E-state index is 11.4. The summed E-state index contributed by atoms with van der Waals surface area (Å²) in [7, 11) is 0. The predicted molar refractivity (Wildman–Crippen MR) is 74.9 cm³/mol. The summed E-state index contributed by atoms with van der Waals surface area (Å²) in [5, 5.41) is 19.6. The molecule has 1 saturated heterocycles. The van der Waals surface area contributed by atoms with Gasteiger partial charge in [0.1, 0.15) is 5.75 Å². The van der Waals surface area contributed by atoms with Crippen LogP contribution in [0, 0.1) is 5.41 Å². The van der Waals surface area contributed by atoms with Gasteiger partial charge in [-0.1, -0.05) is 15.9 Å². The average molecular weight is 378 g/mol. The second-order valence-corrected chi connectivity index (χ2v) is 6.04. The number of nitrogens with one attached hydrogen (secondary N) is 2. The van der Waals surface area contributed by atoms with Gasteiger partial charge in [-0.2, -0.15) is 0 Å². The second kappa shape index (κ2) is 4.83. The molecule has 1 heterocycles. The SMILES string of the molecule is N=C1NC(=O)/C(=C\c2cc(Br)cc(Br)c2O)S1. The number of amides is 1. The quantitative estimate of drug-likeness (QED) is 0.658. The zero-order valence-corrected chi connectivity index (χ0v) is 12.2. The Morgan fingerprint density at radius 2 is 2.12 bits per heavy atom. The maximum absolute atomic E-state index is 11.4. The fraction of sp³-hybridized carbons (Fsp3) is 0. The minimum Gasteiger partial charge on any atom is -0.506 e. The van der Waals surface area contributed by atoms with Crippen molar-refractivity contribution >= 4 is 60.8 Å². The fourth-order valence-electron chi connectivity index (χ4n) is 1.28. The average Bonchev–Trinajstić information content (AvgIpc) is 2.53. The zero-order valence-electron chi connectivity index (χ0n) is 8.25. The van der Waals surface area contributed by atoms with Crippen LogP contribution in [0.2, 0.25) is 0 Å². The van der Waals surface area contributed by atoms with Crippen molar-refractivity contribution in [2.24, 2.45) is 0 Å². The van der Waals surface area contributed by atoms with Crippen molar-refractivity contribution in [3.8, 4) is 5.75 Å². The van der Waals surface area contributed by atoms with E-state index in [0.29, 0.717) is 14.9 Å². The Balaban J connectivity index is 2.46. The highest BCUT2D eigenvalue weighted by molar-refractivity contribution is 9.11. The van der Waals surface area contributed by atoms with Gasteiger partial charge in [0.05, 0.1) is 9.38 Å². The van der Waals surface area contributed by atoms with Crippen LogP contribution in [0.1, 0.15) is 5.56 Å². The molecule has 0 aromatic heterocycles. The number of thioether (sulfide) groups is 1. The Morgan fingerprint density at radius 3 is 2.71 bits per heavy atom. The highest BCUT2D eigenvalue weighted by atomic mass is 79.9. The molecule has 0 spiro atoms. The summed E-state index contributed by atoms with van der Waals surface area (Å²) in [5.74, 6) is -0.261.